The second-order valence-corrected chi connectivity index (χ2v) is 3.19. The third kappa shape index (κ3) is 1.46. The quantitative estimate of drug-likeness (QED) is 0.741. The molecule has 0 aliphatic heterocycles. The molecule has 0 bridgehead atoms. The van der Waals surface area contributed by atoms with Crippen LogP contribution in [0.2, 0.25) is 0 Å². The van der Waals surface area contributed by atoms with E-state index < -0.39 is 0 Å². The van der Waals surface area contributed by atoms with Crippen molar-refractivity contribution in [1.29, 1.82) is 0 Å². The average molecular weight is 189 g/mol. The molecule has 0 saturated heterocycles. The van der Waals surface area contributed by atoms with Crippen LogP contribution in [0.3, 0.4) is 0 Å². The van der Waals surface area contributed by atoms with Gasteiger partial charge in [-0.15, -0.1) is 0 Å². The topological polar surface area (TPSA) is 50.9 Å². The highest BCUT2D eigenvalue weighted by atomic mass is 16.3. The molecule has 2 rings (SSSR count). The molecule has 0 saturated carbocycles. The second-order valence-electron chi connectivity index (χ2n) is 3.19. The first-order chi connectivity index (χ1) is 6.66. The summed E-state index contributed by atoms with van der Waals surface area (Å²) in [5.74, 6) is 0.746. The zero-order valence-electron chi connectivity index (χ0n) is 8.10. The molecule has 0 aliphatic carbocycles. The Hall–Kier alpha value is -1.84. The molecule has 72 valence electrons. The Morgan fingerprint density at radius 1 is 1.21 bits per heavy atom. The fourth-order valence-corrected chi connectivity index (χ4v) is 1.30. The zero-order valence-corrected chi connectivity index (χ0v) is 8.10. The Labute approximate surface area is 81.8 Å². The van der Waals surface area contributed by atoms with E-state index in [1.165, 1.54) is 4.68 Å². The highest BCUT2D eigenvalue weighted by Crippen LogP contribution is 2.15. The standard InChI is InChI=1S/C10H11N3O/c1-7-4-3-5-9(11-7)13-10(14)6-8(2)12-13/h3-6,14H,1-2H3. The van der Waals surface area contributed by atoms with Crippen molar-refractivity contribution in [2.75, 3.05) is 0 Å². The van der Waals surface area contributed by atoms with Crippen LogP contribution in [0.15, 0.2) is 24.3 Å². The molecule has 2 aromatic rings. The number of hydrogen-bond acceptors (Lipinski definition) is 3. The van der Waals surface area contributed by atoms with Crippen LogP contribution in [0, 0.1) is 13.8 Å². The highest BCUT2D eigenvalue weighted by molar-refractivity contribution is 5.29. The molecule has 2 aromatic heterocycles. The van der Waals surface area contributed by atoms with E-state index in [0.29, 0.717) is 5.82 Å². The second kappa shape index (κ2) is 3.14. The molecular formula is C10H11N3O. The number of aromatic nitrogens is 3. The minimum Gasteiger partial charge on any atom is -0.493 e. The van der Waals surface area contributed by atoms with Crippen molar-refractivity contribution in [3.05, 3.63) is 35.7 Å². The lowest BCUT2D eigenvalue weighted by Crippen LogP contribution is -1.99. The molecule has 0 fully saturated rings. The van der Waals surface area contributed by atoms with E-state index in [0.717, 1.165) is 11.4 Å². The summed E-state index contributed by atoms with van der Waals surface area (Å²) in [6.07, 6.45) is 0. The van der Waals surface area contributed by atoms with Crippen LogP contribution in [-0.2, 0) is 0 Å². The van der Waals surface area contributed by atoms with Crippen molar-refractivity contribution in [1.82, 2.24) is 14.8 Å². The maximum absolute atomic E-state index is 9.54. The Morgan fingerprint density at radius 3 is 2.57 bits per heavy atom. The predicted molar refractivity (Wildman–Crippen MR) is 52.5 cm³/mol. The fourth-order valence-electron chi connectivity index (χ4n) is 1.30. The molecule has 0 aromatic carbocycles. The van der Waals surface area contributed by atoms with Crippen LogP contribution in [0.4, 0.5) is 0 Å². The largest absolute Gasteiger partial charge is 0.493 e. The molecule has 0 unspecified atom stereocenters. The maximum atomic E-state index is 9.54. The summed E-state index contributed by atoms with van der Waals surface area (Å²) in [7, 11) is 0. The van der Waals surface area contributed by atoms with Crippen molar-refractivity contribution < 1.29 is 5.11 Å². The van der Waals surface area contributed by atoms with E-state index in [1.807, 2.05) is 26.0 Å². The first kappa shape index (κ1) is 8.74. The summed E-state index contributed by atoms with van der Waals surface area (Å²) in [5.41, 5.74) is 1.67. The van der Waals surface area contributed by atoms with E-state index in [2.05, 4.69) is 10.1 Å². The molecule has 0 amide bonds. The summed E-state index contributed by atoms with van der Waals surface area (Å²) in [6.45, 7) is 3.73. The Bertz CT molecular complexity index is 462. The van der Waals surface area contributed by atoms with Gasteiger partial charge in [-0.2, -0.15) is 9.78 Å². The van der Waals surface area contributed by atoms with Gasteiger partial charge in [0.25, 0.3) is 0 Å². The van der Waals surface area contributed by atoms with Crippen molar-refractivity contribution in [2.45, 2.75) is 13.8 Å². The monoisotopic (exact) mass is 189 g/mol. The number of rotatable bonds is 1. The SMILES string of the molecule is Cc1cccc(-n2nc(C)cc2O)n1. The Morgan fingerprint density at radius 2 is 2.00 bits per heavy atom. The fraction of sp³-hybridized carbons (Fsp3) is 0.200. The van der Waals surface area contributed by atoms with Crippen molar-refractivity contribution >= 4 is 0 Å². The molecule has 0 atom stereocenters. The van der Waals surface area contributed by atoms with Crippen molar-refractivity contribution in [3.63, 3.8) is 0 Å². The van der Waals surface area contributed by atoms with Gasteiger partial charge in [0.1, 0.15) is 0 Å². The van der Waals surface area contributed by atoms with Gasteiger partial charge < -0.3 is 5.11 Å². The van der Waals surface area contributed by atoms with Gasteiger partial charge in [0.05, 0.1) is 5.69 Å². The number of aryl methyl sites for hydroxylation is 2. The zero-order chi connectivity index (χ0) is 10.1. The van der Waals surface area contributed by atoms with Gasteiger partial charge in [0.15, 0.2) is 5.82 Å². The normalized spacial score (nSPS) is 10.4. The molecule has 2 heterocycles. The van der Waals surface area contributed by atoms with Crippen LogP contribution in [0.25, 0.3) is 5.82 Å². The number of nitrogens with zero attached hydrogens (tertiary/aromatic N) is 3. The lowest BCUT2D eigenvalue weighted by molar-refractivity contribution is 0.432. The van der Waals surface area contributed by atoms with E-state index in [9.17, 15) is 5.11 Å². The lowest BCUT2D eigenvalue weighted by Gasteiger charge is -2.01. The van der Waals surface area contributed by atoms with Crippen LogP contribution in [0.1, 0.15) is 11.4 Å². The summed E-state index contributed by atoms with van der Waals surface area (Å²) < 4.78 is 1.42. The van der Waals surface area contributed by atoms with Gasteiger partial charge in [-0.3, -0.25) is 0 Å². The smallest absolute Gasteiger partial charge is 0.215 e. The van der Waals surface area contributed by atoms with Crippen molar-refractivity contribution in [2.24, 2.45) is 0 Å². The first-order valence-electron chi connectivity index (χ1n) is 4.36. The number of pyridine rings is 1. The maximum Gasteiger partial charge on any atom is 0.215 e. The van der Waals surface area contributed by atoms with Crippen LogP contribution in [0.5, 0.6) is 5.88 Å². The highest BCUT2D eigenvalue weighted by Gasteiger charge is 2.06. The third-order valence-electron chi connectivity index (χ3n) is 1.90. The molecule has 14 heavy (non-hydrogen) atoms. The van der Waals surface area contributed by atoms with E-state index in [1.54, 1.807) is 12.1 Å². The molecular weight excluding hydrogens is 178 g/mol. The van der Waals surface area contributed by atoms with Crippen LogP contribution >= 0.6 is 0 Å². The Balaban J connectivity index is 2.54. The van der Waals surface area contributed by atoms with Gasteiger partial charge in [-0.25, -0.2) is 4.98 Å². The predicted octanol–water partition coefficient (Wildman–Crippen LogP) is 1.59. The van der Waals surface area contributed by atoms with Crippen molar-refractivity contribution in [3.8, 4) is 11.7 Å². The molecule has 4 heteroatoms. The van der Waals surface area contributed by atoms with E-state index >= 15 is 0 Å². The first-order valence-corrected chi connectivity index (χ1v) is 4.36. The molecule has 0 aliphatic rings. The van der Waals surface area contributed by atoms with E-state index in [4.69, 9.17) is 0 Å². The molecule has 0 spiro atoms. The third-order valence-corrected chi connectivity index (χ3v) is 1.90. The summed E-state index contributed by atoms with van der Waals surface area (Å²) in [4.78, 5) is 4.26. The van der Waals surface area contributed by atoms with Gasteiger partial charge >= 0.3 is 0 Å². The summed E-state index contributed by atoms with van der Waals surface area (Å²) in [5, 5.41) is 13.7. The summed E-state index contributed by atoms with van der Waals surface area (Å²) >= 11 is 0. The average Bonchev–Trinajstić information content (AvgIpc) is 2.45. The molecule has 4 nitrogen and oxygen atoms in total. The number of aromatic hydroxyl groups is 1. The van der Waals surface area contributed by atoms with Gasteiger partial charge in [-0.1, -0.05) is 6.07 Å². The Kier molecular flexibility index (Phi) is 1.96. The minimum absolute atomic E-state index is 0.112. The van der Waals surface area contributed by atoms with Gasteiger partial charge in [-0.05, 0) is 26.0 Å². The van der Waals surface area contributed by atoms with Crippen LogP contribution < -0.4 is 0 Å². The van der Waals surface area contributed by atoms with Crippen LogP contribution in [-0.4, -0.2) is 19.9 Å². The van der Waals surface area contributed by atoms with Gasteiger partial charge in [0.2, 0.25) is 5.88 Å². The minimum atomic E-state index is 0.112. The summed E-state index contributed by atoms with van der Waals surface area (Å²) in [6, 6.07) is 7.19. The number of hydrogen-bond donors (Lipinski definition) is 1. The lowest BCUT2D eigenvalue weighted by atomic mass is 10.4. The molecule has 0 radical (unpaired) electrons. The van der Waals surface area contributed by atoms with Gasteiger partial charge in [0, 0.05) is 11.8 Å². The van der Waals surface area contributed by atoms with E-state index in [-0.39, 0.29) is 5.88 Å². The molecule has 1 N–H and O–H groups in total.